The maximum Gasteiger partial charge on any atom is 0.280 e. The fraction of sp³-hybridized carbons (Fsp3) is 0.222. The Morgan fingerprint density at radius 2 is 2.08 bits per heavy atom. The van der Waals surface area contributed by atoms with E-state index in [0.29, 0.717) is 18.4 Å². The van der Waals surface area contributed by atoms with Gasteiger partial charge in [-0.3, -0.25) is 14.9 Å². The minimum absolute atomic E-state index is 0.0556. The van der Waals surface area contributed by atoms with Crippen LogP contribution in [0.2, 0.25) is 0 Å². The molecule has 0 amide bonds. The average molecular weight is 177 g/mol. The first-order valence-electron chi connectivity index (χ1n) is 3.99. The van der Waals surface area contributed by atoms with Gasteiger partial charge in [0.25, 0.3) is 5.69 Å². The highest BCUT2D eigenvalue weighted by Crippen LogP contribution is 2.29. The summed E-state index contributed by atoms with van der Waals surface area (Å²) < 4.78 is 0. The van der Waals surface area contributed by atoms with Gasteiger partial charge in [0, 0.05) is 12.5 Å². The maximum atomic E-state index is 11.3. The van der Waals surface area contributed by atoms with Crippen molar-refractivity contribution in [3.63, 3.8) is 0 Å². The molecule has 0 unspecified atom stereocenters. The minimum atomic E-state index is -0.498. The smallest absolute Gasteiger partial charge is 0.280 e. The molecule has 13 heavy (non-hydrogen) atoms. The lowest BCUT2D eigenvalue weighted by Crippen LogP contribution is -1.99. The molecule has 0 radical (unpaired) electrons. The lowest BCUT2D eigenvalue weighted by Gasteiger charge is -1.97. The van der Waals surface area contributed by atoms with Gasteiger partial charge in [-0.1, -0.05) is 12.1 Å². The van der Waals surface area contributed by atoms with Crippen LogP contribution in [0, 0.1) is 10.1 Å². The highest BCUT2D eigenvalue weighted by Gasteiger charge is 2.27. The van der Waals surface area contributed by atoms with E-state index in [2.05, 4.69) is 0 Å². The number of hydrogen-bond acceptors (Lipinski definition) is 3. The molecular weight excluding hydrogens is 170 g/mol. The number of hydrogen-bond donors (Lipinski definition) is 0. The van der Waals surface area contributed by atoms with Crippen molar-refractivity contribution in [2.75, 3.05) is 0 Å². The lowest BCUT2D eigenvalue weighted by atomic mass is 10.1. The number of ketones is 1. The van der Waals surface area contributed by atoms with Crippen molar-refractivity contribution in [1.29, 1.82) is 0 Å². The van der Waals surface area contributed by atoms with E-state index in [1.165, 1.54) is 6.07 Å². The van der Waals surface area contributed by atoms with Crippen LogP contribution in [0.25, 0.3) is 0 Å². The van der Waals surface area contributed by atoms with Gasteiger partial charge in [-0.05, 0) is 12.0 Å². The van der Waals surface area contributed by atoms with E-state index in [9.17, 15) is 14.9 Å². The van der Waals surface area contributed by atoms with Crippen LogP contribution in [-0.2, 0) is 6.42 Å². The summed E-state index contributed by atoms with van der Waals surface area (Å²) in [6.07, 6.45) is 1.04. The van der Waals surface area contributed by atoms with Crippen LogP contribution in [0.4, 0.5) is 5.69 Å². The average Bonchev–Trinajstić information content (AvgIpc) is 2.48. The fourth-order valence-corrected chi connectivity index (χ4v) is 1.64. The maximum absolute atomic E-state index is 11.3. The topological polar surface area (TPSA) is 60.2 Å². The van der Waals surface area contributed by atoms with Crippen LogP contribution in [0.5, 0.6) is 0 Å². The van der Waals surface area contributed by atoms with Gasteiger partial charge in [0.2, 0.25) is 0 Å². The van der Waals surface area contributed by atoms with Gasteiger partial charge >= 0.3 is 0 Å². The molecule has 0 fully saturated rings. The zero-order valence-corrected chi connectivity index (χ0v) is 6.82. The summed E-state index contributed by atoms with van der Waals surface area (Å²) in [5.74, 6) is -0.109. The third-order valence-corrected chi connectivity index (χ3v) is 2.23. The monoisotopic (exact) mass is 177 g/mol. The Morgan fingerprint density at radius 1 is 1.31 bits per heavy atom. The summed E-state index contributed by atoms with van der Waals surface area (Å²) in [6.45, 7) is 0. The number of nitro groups is 1. The zero-order valence-electron chi connectivity index (χ0n) is 6.82. The van der Waals surface area contributed by atoms with Crippen molar-refractivity contribution in [3.05, 3.63) is 39.4 Å². The molecule has 0 saturated carbocycles. The summed E-state index contributed by atoms with van der Waals surface area (Å²) in [7, 11) is 0. The Morgan fingerprint density at radius 3 is 2.77 bits per heavy atom. The van der Waals surface area contributed by atoms with Crippen LogP contribution in [0.15, 0.2) is 18.2 Å². The molecule has 0 bridgehead atoms. The van der Waals surface area contributed by atoms with Gasteiger partial charge in [-0.2, -0.15) is 0 Å². The number of Topliss-reactive ketones (excluding diaryl/α,β-unsaturated/α-hetero) is 1. The fourth-order valence-electron chi connectivity index (χ4n) is 1.64. The lowest BCUT2D eigenvalue weighted by molar-refractivity contribution is -0.385. The predicted octanol–water partition coefficient (Wildman–Crippen LogP) is 1.72. The first kappa shape index (κ1) is 7.91. The molecule has 1 aromatic carbocycles. The third kappa shape index (κ3) is 1.11. The van der Waals surface area contributed by atoms with E-state index in [0.717, 1.165) is 5.56 Å². The minimum Gasteiger partial charge on any atom is -0.294 e. The zero-order chi connectivity index (χ0) is 9.42. The number of carbonyl (C=O) groups excluding carboxylic acids is 1. The Kier molecular flexibility index (Phi) is 1.62. The predicted molar refractivity (Wildman–Crippen MR) is 45.7 cm³/mol. The van der Waals surface area contributed by atoms with Gasteiger partial charge in [0.05, 0.1) is 10.5 Å². The molecule has 1 aliphatic carbocycles. The van der Waals surface area contributed by atoms with E-state index >= 15 is 0 Å². The second kappa shape index (κ2) is 2.65. The molecule has 4 nitrogen and oxygen atoms in total. The van der Waals surface area contributed by atoms with Crippen LogP contribution < -0.4 is 0 Å². The second-order valence-electron chi connectivity index (χ2n) is 2.99. The molecule has 0 saturated heterocycles. The first-order valence-corrected chi connectivity index (χ1v) is 3.99. The molecule has 0 aliphatic heterocycles. The summed E-state index contributed by atoms with van der Waals surface area (Å²) in [6, 6.07) is 4.77. The number of carbonyl (C=O) groups is 1. The standard InChI is InChI=1S/C9H7NO3/c11-8-5-4-6-2-1-3-7(9(6)8)10(12)13/h1-3H,4-5H2. The Labute approximate surface area is 74.3 Å². The number of benzene rings is 1. The van der Waals surface area contributed by atoms with Gasteiger partial charge < -0.3 is 0 Å². The molecule has 0 spiro atoms. The normalized spacial score (nSPS) is 14.3. The van der Waals surface area contributed by atoms with Crippen LogP contribution in [0.3, 0.4) is 0 Å². The summed E-state index contributed by atoms with van der Waals surface area (Å²) in [5.41, 5.74) is 1.06. The molecule has 0 aromatic heterocycles. The van der Waals surface area contributed by atoms with Crippen molar-refractivity contribution in [2.45, 2.75) is 12.8 Å². The second-order valence-corrected chi connectivity index (χ2v) is 2.99. The van der Waals surface area contributed by atoms with Crippen molar-refractivity contribution in [1.82, 2.24) is 0 Å². The van der Waals surface area contributed by atoms with Gasteiger partial charge in [0.1, 0.15) is 0 Å². The van der Waals surface area contributed by atoms with E-state index in [-0.39, 0.29) is 11.5 Å². The molecule has 2 rings (SSSR count). The van der Waals surface area contributed by atoms with Crippen molar-refractivity contribution in [2.24, 2.45) is 0 Å². The van der Waals surface area contributed by atoms with Crippen LogP contribution in [-0.4, -0.2) is 10.7 Å². The molecule has 0 heterocycles. The quantitative estimate of drug-likeness (QED) is 0.484. The number of rotatable bonds is 1. The highest BCUT2D eigenvalue weighted by molar-refractivity contribution is 6.03. The number of fused-ring (bicyclic) bond motifs is 1. The van der Waals surface area contributed by atoms with Gasteiger partial charge in [-0.25, -0.2) is 0 Å². The first-order chi connectivity index (χ1) is 6.20. The van der Waals surface area contributed by atoms with Crippen molar-refractivity contribution >= 4 is 11.5 Å². The summed E-state index contributed by atoms with van der Waals surface area (Å²) in [4.78, 5) is 21.3. The molecule has 4 heteroatoms. The largest absolute Gasteiger partial charge is 0.294 e. The number of aryl methyl sites for hydroxylation is 1. The Bertz CT molecular complexity index is 398. The molecule has 66 valence electrons. The van der Waals surface area contributed by atoms with Crippen molar-refractivity contribution in [3.8, 4) is 0 Å². The van der Waals surface area contributed by atoms with Crippen molar-refractivity contribution < 1.29 is 9.72 Å². The number of nitrogens with zero attached hydrogens (tertiary/aromatic N) is 1. The molecule has 0 N–H and O–H groups in total. The van der Waals surface area contributed by atoms with Gasteiger partial charge in [0.15, 0.2) is 5.78 Å². The molecular formula is C9H7NO3. The molecule has 1 aliphatic rings. The van der Waals surface area contributed by atoms with E-state index < -0.39 is 4.92 Å². The third-order valence-electron chi connectivity index (χ3n) is 2.23. The van der Waals surface area contributed by atoms with Gasteiger partial charge in [-0.15, -0.1) is 0 Å². The molecule has 0 atom stereocenters. The van der Waals surface area contributed by atoms with E-state index in [1.54, 1.807) is 12.1 Å². The molecule has 1 aromatic rings. The van der Waals surface area contributed by atoms with E-state index in [1.807, 2.05) is 0 Å². The van der Waals surface area contributed by atoms with Crippen LogP contribution >= 0.6 is 0 Å². The highest BCUT2D eigenvalue weighted by atomic mass is 16.6. The Hall–Kier alpha value is -1.71. The Balaban J connectivity index is 2.66. The summed E-state index contributed by atoms with van der Waals surface area (Å²) in [5, 5.41) is 10.6. The van der Waals surface area contributed by atoms with E-state index in [4.69, 9.17) is 0 Å². The number of nitro benzene ring substituents is 1. The van der Waals surface area contributed by atoms with Crippen LogP contribution in [0.1, 0.15) is 22.3 Å². The SMILES string of the molecule is O=C1CCc2cccc([N+](=O)[O-])c21. The summed E-state index contributed by atoms with van der Waals surface area (Å²) >= 11 is 0.